The Labute approximate surface area is 207 Å². The van der Waals surface area contributed by atoms with Crippen molar-refractivity contribution in [3.05, 3.63) is 111 Å². The van der Waals surface area contributed by atoms with E-state index in [9.17, 15) is 24.1 Å². The van der Waals surface area contributed by atoms with Gasteiger partial charge in [-0.25, -0.2) is 4.39 Å². The summed E-state index contributed by atoms with van der Waals surface area (Å²) >= 11 is 0. The van der Waals surface area contributed by atoms with E-state index in [1.807, 2.05) is 26.0 Å². The van der Waals surface area contributed by atoms with Crippen LogP contribution in [0, 0.1) is 21.3 Å². The van der Waals surface area contributed by atoms with Crippen molar-refractivity contribution in [2.24, 2.45) is 5.41 Å². The van der Waals surface area contributed by atoms with Crippen LogP contribution >= 0.6 is 0 Å². The van der Waals surface area contributed by atoms with Gasteiger partial charge >= 0.3 is 0 Å². The van der Waals surface area contributed by atoms with Gasteiger partial charge in [0.15, 0.2) is 5.78 Å². The summed E-state index contributed by atoms with van der Waals surface area (Å²) in [5.74, 6) is -1.06. The highest BCUT2D eigenvalue weighted by atomic mass is 19.1. The summed E-state index contributed by atoms with van der Waals surface area (Å²) in [6.07, 6.45) is 0.834. The number of nitro groups is 1. The molecule has 2 aliphatic rings. The van der Waals surface area contributed by atoms with Crippen molar-refractivity contribution in [3.63, 3.8) is 0 Å². The lowest BCUT2D eigenvalue weighted by molar-refractivity contribution is -0.384. The van der Waals surface area contributed by atoms with Gasteiger partial charge in [0.05, 0.1) is 22.3 Å². The maximum Gasteiger partial charge on any atom is 0.269 e. The van der Waals surface area contributed by atoms with Crippen LogP contribution in [0.2, 0.25) is 0 Å². The summed E-state index contributed by atoms with van der Waals surface area (Å²) in [6.45, 7) is 4.02. The molecule has 8 heteroatoms. The Hall–Kier alpha value is -4.33. The van der Waals surface area contributed by atoms with Gasteiger partial charge in [0, 0.05) is 35.4 Å². The monoisotopic (exact) mass is 485 g/mol. The predicted molar refractivity (Wildman–Crippen MR) is 134 cm³/mol. The Morgan fingerprint density at radius 2 is 1.78 bits per heavy atom. The van der Waals surface area contributed by atoms with E-state index in [0.717, 1.165) is 0 Å². The minimum atomic E-state index is -0.919. The Morgan fingerprint density at radius 3 is 2.50 bits per heavy atom. The van der Waals surface area contributed by atoms with Gasteiger partial charge in [0.1, 0.15) is 5.82 Å². The number of amides is 1. The number of hydrogen-bond donors (Lipinski definition) is 1. The third-order valence-corrected chi connectivity index (χ3v) is 6.61. The van der Waals surface area contributed by atoms with E-state index < -0.39 is 22.7 Å². The fraction of sp³-hybridized carbons (Fsp3) is 0.214. The summed E-state index contributed by atoms with van der Waals surface area (Å²) in [5, 5.41) is 15.0. The summed E-state index contributed by atoms with van der Waals surface area (Å²) in [7, 11) is 0. The normalized spacial score (nSPS) is 18.6. The number of allylic oxidation sites excluding steroid dienone is 1. The van der Waals surface area contributed by atoms with Crippen molar-refractivity contribution in [2.45, 2.75) is 32.7 Å². The molecule has 1 aliphatic carbocycles. The molecule has 1 N–H and O–H groups in total. The average molecular weight is 486 g/mol. The molecule has 0 bridgehead atoms. The van der Waals surface area contributed by atoms with Gasteiger partial charge in [-0.05, 0) is 53.8 Å². The van der Waals surface area contributed by atoms with Gasteiger partial charge in [-0.1, -0.05) is 38.1 Å². The van der Waals surface area contributed by atoms with Crippen LogP contribution in [-0.2, 0) is 4.79 Å². The summed E-state index contributed by atoms with van der Waals surface area (Å²) < 4.78 is 13.7. The highest BCUT2D eigenvalue weighted by Crippen LogP contribution is 2.49. The number of ketones is 1. The molecule has 0 unspecified atom stereocenters. The molecule has 0 spiro atoms. The first-order valence-electron chi connectivity index (χ1n) is 11.6. The van der Waals surface area contributed by atoms with Crippen LogP contribution in [0.25, 0.3) is 0 Å². The number of fused-ring (bicyclic) bond motifs is 1. The molecule has 3 aromatic carbocycles. The largest absolute Gasteiger partial charge is 0.357 e. The first-order chi connectivity index (χ1) is 17.1. The molecule has 1 aliphatic heterocycles. The van der Waals surface area contributed by atoms with E-state index in [-0.39, 0.29) is 28.9 Å². The molecule has 0 saturated carbocycles. The molecule has 5 rings (SSSR count). The van der Waals surface area contributed by atoms with E-state index in [4.69, 9.17) is 0 Å². The lowest BCUT2D eigenvalue weighted by Crippen LogP contribution is -2.39. The number of nitrogens with one attached hydrogen (secondary N) is 1. The molecule has 1 amide bonds. The van der Waals surface area contributed by atoms with Crippen molar-refractivity contribution in [2.75, 3.05) is 10.2 Å². The second kappa shape index (κ2) is 8.71. The van der Waals surface area contributed by atoms with Crippen LogP contribution in [-0.4, -0.2) is 16.6 Å². The number of carbonyl (C=O) groups excluding carboxylic acids is 2. The predicted octanol–water partition coefficient (Wildman–Crippen LogP) is 6.19. The summed E-state index contributed by atoms with van der Waals surface area (Å²) in [5.41, 5.74) is 2.48. The first-order valence-corrected chi connectivity index (χ1v) is 11.6. The van der Waals surface area contributed by atoms with Crippen molar-refractivity contribution < 1.29 is 18.9 Å². The van der Waals surface area contributed by atoms with E-state index in [1.54, 1.807) is 24.3 Å². The standard InChI is InChI=1S/C28H24FN3O4/c1-28(2)15-22-25(24(33)16-28)26(18-6-5-7-20(14-18)32(35)36)31(23-9-4-3-8-21(23)30-22)27(34)17-10-12-19(29)13-11-17/h3-14,26,30H,15-16H2,1-2H3/t26-/m0/s1. The van der Waals surface area contributed by atoms with Crippen LogP contribution in [0.4, 0.5) is 21.5 Å². The van der Waals surface area contributed by atoms with E-state index in [2.05, 4.69) is 5.32 Å². The van der Waals surface area contributed by atoms with Gasteiger partial charge in [0.25, 0.3) is 11.6 Å². The molecule has 36 heavy (non-hydrogen) atoms. The number of benzene rings is 3. The second-order valence-electron chi connectivity index (χ2n) is 9.91. The number of para-hydroxylation sites is 2. The number of Topliss-reactive ketones (excluding diaryl/α,β-unsaturated/α-hetero) is 1. The Kier molecular flexibility index (Phi) is 5.67. The zero-order chi connectivity index (χ0) is 25.6. The zero-order valence-corrected chi connectivity index (χ0v) is 19.8. The maximum absolute atomic E-state index is 14.0. The number of carbonyl (C=O) groups is 2. The quantitative estimate of drug-likeness (QED) is 0.353. The van der Waals surface area contributed by atoms with Gasteiger partial charge in [-0.15, -0.1) is 0 Å². The highest BCUT2D eigenvalue weighted by Gasteiger charge is 2.43. The molecule has 182 valence electrons. The van der Waals surface area contributed by atoms with Gasteiger partial charge < -0.3 is 5.32 Å². The maximum atomic E-state index is 14.0. The molecule has 0 fully saturated rings. The molecule has 0 aromatic heterocycles. The van der Waals surface area contributed by atoms with Crippen molar-refractivity contribution in [1.29, 1.82) is 0 Å². The van der Waals surface area contributed by atoms with Crippen molar-refractivity contribution in [3.8, 4) is 0 Å². The number of nitrogens with zero attached hydrogens (tertiary/aromatic N) is 2. The topological polar surface area (TPSA) is 92.6 Å². The van der Waals surface area contributed by atoms with Gasteiger partial charge in [0.2, 0.25) is 0 Å². The van der Waals surface area contributed by atoms with E-state index in [0.29, 0.717) is 34.6 Å². The zero-order valence-electron chi connectivity index (χ0n) is 19.8. The fourth-order valence-corrected chi connectivity index (χ4v) is 5.07. The van der Waals surface area contributed by atoms with Gasteiger partial charge in [-0.3, -0.25) is 24.6 Å². The number of nitro benzene ring substituents is 1. The number of non-ortho nitro benzene ring substituents is 1. The minimum absolute atomic E-state index is 0.130. The minimum Gasteiger partial charge on any atom is -0.357 e. The molecule has 1 atom stereocenters. The van der Waals surface area contributed by atoms with Crippen LogP contribution in [0.3, 0.4) is 0 Å². The number of hydrogen-bond acceptors (Lipinski definition) is 5. The SMILES string of the molecule is CC1(C)CC(=O)C2=C(C1)Nc1ccccc1N(C(=O)c1ccc(F)cc1)[C@H]2c1cccc([N+](=O)[O-])c1. The highest BCUT2D eigenvalue weighted by molar-refractivity contribution is 6.12. The Bertz CT molecular complexity index is 1430. The van der Waals surface area contributed by atoms with E-state index >= 15 is 0 Å². The second-order valence-corrected chi connectivity index (χ2v) is 9.91. The number of halogens is 1. The smallest absolute Gasteiger partial charge is 0.269 e. The molecule has 0 saturated heterocycles. The Balaban J connectivity index is 1.80. The van der Waals surface area contributed by atoms with E-state index in [1.165, 1.54) is 41.3 Å². The lowest BCUT2D eigenvalue weighted by Gasteiger charge is -2.37. The summed E-state index contributed by atoms with van der Waals surface area (Å²) in [4.78, 5) is 40.3. The van der Waals surface area contributed by atoms with Crippen molar-refractivity contribution in [1.82, 2.24) is 0 Å². The number of anilines is 2. The average Bonchev–Trinajstić information content (AvgIpc) is 2.97. The van der Waals surface area contributed by atoms with Crippen LogP contribution in [0.5, 0.6) is 0 Å². The molecule has 7 nitrogen and oxygen atoms in total. The third kappa shape index (κ3) is 4.15. The molecular weight excluding hydrogens is 461 g/mol. The number of rotatable bonds is 3. The third-order valence-electron chi connectivity index (χ3n) is 6.61. The Morgan fingerprint density at radius 1 is 1.06 bits per heavy atom. The molecule has 3 aromatic rings. The molecular formula is C28H24FN3O4. The van der Waals surface area contributed by atoms with Crippen LogP contribution in [0.1, 0.15) is 48.7 Å². The molecule has 0 radical (unpaired) electrons. The van der Waals surface area contributed by atoms with Crippen LogP contribution in [0.15, 0.2) is 84.1 Å². The lowest BCUT2D eigenvalue weighted by atomic mass is 9.73. The van der Waals surface area contributed by atoms with Crippen molar-refractivity contribution >= 4 is 28.8 Å². The molecule has 1 heterocycles. The van der Waals surface area contributed by atoms with Crippen LogP contribution < -0.4 is 10.2 Å². The van der Waals surface area contributed by atoms with Gasteiger partial charge in [-0.2, -0.15) is 0 Å². The fourth-order valence-electron chi connectivity index (χ4n) is 5.07. The first kappa shape index (κ1) is 23.4. The summed E-state index contributed by atoms with van der Waals surface area (Å²) in [6, 6.07) is 17.5.